The van der Waals surface area contributed by atoms with Gasteiger partial charge in [-0.3, -0.25) is 0 Å². The first-order chi connectivity index (χ1) is 8.02. The number of hydrogen-bond acceptors (Lipinski definition) is 3. The van der Waals surface area contributed by atoms with Gasteiger partial charge in [0.25, 0.3) is 0 Å². The number of halogens is 4. The van der Waals surface area contributed by atoms with Gasteiger partial charge in [-0.15, -0.1) is 21.8 Å². The van der Waals surface area contributed by atoms with Crippen LogP contribution < -0.4 is 0 Å². The third-order valence-electron chi connectivity index (χ3n) is 3.10. The SMILES string of the molecule is FC(F)(F)C1CCCCC1c1nnc(CCl)o1. The second kappa shape index (κ2) is 4.84. The minimum absolute atomic E-state index is 0.0242. The second-order valence-corrected chi connectivity index (χ2v) is 4.47. The van der Waals surface area contributed by atoms with E-state index in [1.807, 2.05) is 0 Å². The van der Waals surface area contributed by atoms with E-state index in [0.29, 0.717) is 12.8 Å². The first-order valence-electron chi connectivity index (χ1n) is 5.47. The van der Waals surface area contributed by atoms with Crippen molar-refractivity contribution in [2.45, 2.75) is 43.7 Å². The van der Waals surface area contributed by atoms with Crippen molar-refractivity contribution in [3.8, 4) is 0 Å². The standard InChI is InChI=1S/C10H12ClF3N2O/c11-5-8-15-16-9(17-8)6-3-1-2-4-7(6)10(12,13)14/h6-7H,1-5H2. The topological polar surface area (TPSA) is 38.9 Å². The molecule has 0 bridgehead atoms. The molecule has 1 heterocycles. The lowest BCUT2D eigenvalue weighted by Gasteiger charge is -2.30. The molecule has 3 nitrogen and oxygen atoms in total. The van der Waals surface area contributed by atoms with Gasteiger partial charge in [0, 0.05) is 5.92 Å². The molecule has 0 spiro atoms. The lowest BCUT2D eigenvalue weighted by Crippen LogP contribution is -2.31. The zero-order valence-corrected chi connectivity index (χ0v) is 9.76. The molecule has 1 fully saturated rings. The molecule has 1 aliphatic carbocycles. The van der Waals surface area contributed by atoms with Crippen molar-refractivity contribution in [1.82, 2.24) is 10.2 Å². The average molecular weight is 269 g/mol. The Morgan fingerprint density at radius 1 is 1.24 bits per heavy atom. The van der Waals surface area contributed by atoms with Crippen LogP contribution in [0.25, 0.3) is 0 Å². The molecule has 1 saturated carbocycles. The van der Waals surface area contributed by atoms with E-state index in [-0.39, 0.29) is 24.1 Å². The molecule has 1 aromatic heterocycles. The highest BCUT2D eigenvalue weighted by Crippen LogP contribution is 2.45. The smallest absolute Gasteiger partial charge is 0.392 e. The predicted octanol–water partition coefficient (Wildman–Crippen LogP) is 3.64. The van der Waals surface area contributed by atoms with Crippen molar-refractivity contribution in [2.75, 3.05) is 0 Å². The highest BCUT2D eigenvalue weighted by molar-refractivity contribution is 6.16. The Hall–Kier alpha value is -0.780. The van der Waals surface area contributed by atoms with Gasteiger partial charge in [0.1, 0.15) is 5.88 Å². The van der Waals surface area contributed by atoms with E-state index in [4.69, 9.17) is 16.0 Å². The van der Waals surface area contributed by atoms with Crippen LogP contribution in [0.1, 0.15) is 43.4 Å². The molecule has 2 rings (SSSR count). The van der Waals surface area contributed by atoms with Crippen LogP contribution in [-0.4, -0.2) is 16.4 Å². The zero-order valence-electron chi connectivity index (χ0n) is 9.00. The van der Waals surface area contributed by atoms with Gasteiger partial charge in [-0.25, -0.2) is 0 Å². The van der Waals surface area contributed by atoms with Crippen molar-refractivity contribution >= 4 is 11.6 Å². The number of nitrogens with zero attached hydrogens (tertiary/aromatic N) is 2. The Bertz CT molecular complexity index is 380. The van der Waals surface area contributed by atoms with Gasteiger partial charge in [-0.05, 0) is 12.8 Å². The van der Waals surface area contributed by atoms with Gasteiger partial charge < -0.3 is 4.42 Å². The van der Waals surface area contributed by atoms with Crippen LogP contribution in [0.2, 0.25) is 0 Å². The van der Waals surface area contributed by atoms with E-state index >= 15 is 0 Å². The highest BCUT2D eigenvalue weighted by atomic mass is 35.5. The first kappa shape index (κ1) is 12.7. The van der Waals surface area contributed by atoms with Gasteiger partial charge in [0.2, 0.25) is 11.8 Å². The van der Waals surface area contributed by atoms with Crippen LogP contribution in [0.5, 0.6) is 0 Å². The molecule has 1 aliphatic rings. The molecule has 1 aromatic rings. The van der Waals surface area contributed by atoms with E-state index in [2.05, 4.69) is 10.2 Å². The van der Waals surface area contributed by atoms with E-state index in [1.54, 1.807) is 0 Å². The minimum Gasteiger partial charge on any atom is -0.424 e. The van der Waals surface area contributed by atoms with E-state index in [0.717, 1.165) is 6.42 Å². The molecule has 17 heavy (non-hydrogen) atoms. The average Bonchev–Trinajstić information content (AvgIpc) is 2.76. The molecular weight excluding hydrogens is 257 g/mol. The maximum Gasteiger partial charge on any atom is 0.392 e. The quantitative estimate of drug-likeness (QED) is 0.769. The van der Waals surface area contributed by atoms with E-state index < -0.39 is 18.0 Å². The summed E-state index contributed by atoms with van der Waals surface area (Å²) in [5.74, 6) is -1.82. The largest absolute Gasteiger partial charge is 0.424 e. The minimum atomic E-state index is -4.21. The van der Waals surface area contributed by atoms with Gasteiger partial charge in [-0.1, -0.05) is 12.8 Å². The molecule has 0 aliphatic heterocycles. The molecule has 0 aromatic carbocycles. The molecule has 0 saturated heterocycles. The fraction of sp³-hybridized carbons (Fsp3) is 0.800. The zero-order chi connectivity index (χ0) is 12.5. The van der Waals surface area contributed by atoms with Crippen molar-refractivity contribution in [3.63, 3.8) is 0 Å². The Balaban J connectivity index is 2.21. The lowest BCUT2D eigenvalue weighted by molar-refractivity contribution is -0.188. The molecule has 2 atom stereocenters. The summed E-state index contributed by atoms with van der Waals surface area (Å²) in [7, 11) is 0. The summed E-state index contributed by atoms with van der Waals surface area (Å²) in [5.41, 5.74) is 0. The van der Waals surface area contributed by atoms with Crippen LogP contribution in [0.15, 0.2) is 4.42 Å². The summed E-state index contributed by atoms with van der Waals surface area (Å²) in [4.78, 5) is 0. The molecular formula is C10H12ClF3N2O. The monoisotopic (exact) mass is 268 g/mol. The highest BCUT2D eigenvalue weighted by Gasteiger charge is 2.47. The third kappa shape index (κ3) is 2.73. The van der Waals surface area contributed by atoms with Gasteiger partial charge >= 0.3 is 6.18 Å². The Morgan fingerprint density at radius 2 is 1.94 bits per heavy atom. The Kier molecular flexibility index (Phi) is 3.61. The summed E-state index contributed by atoms with van der Waals surface area (Å²) >= 11 is 5.49. The Morgan fingerprint density at radius 3 is 2.53 bits per heavy atom. The van der Waals surface area contributed by atoms with Crippen LogP contribution in [-0.2, 0) is 5.88 Å². The molecule has 0 amide bonds. The summed E-state index contributed by atoms with van der Waals surface area (Å²) in [5, 5.41) is 7.28. The number of hydrogen-bond donors (Lipinski definition) is 0. The molecule has 7 heteroatoms. The second-order valence-electron chi connectivity index (χ2n) is 4.21. The molecule has 0 radical (unpaired) electrons. The van der Waals surface area contributed by atoms with Crippen LogP contribution >= 0.6 is 11.6 Å². The van der Waals surface area contributed by atoms with Crippen molar-refractivity contribution < 1.29 is 17.6 Å². The van der Waals surface area contributed by atoms with Crippen LogP contribution in [0, 0.1) is 5.92 Å². The summed E-state index contributed by atoms with van der Waals surface area (Å²) in [6.45, 7) is 0. The number of alkyl halides is 4. The van der Waals surface area contributed by atoms with Gasteiger partial charge in [-0.2, -0.15) is 13.2 Å². The lowest BCUT2D eigenvalue weighted by atomic mass is 9.79. The molecule has 96 valence electrons. The first-order valence-corrected chi connectivity index (χ1v) is 6.00. The fourth-order valence-electron chi connectivity index (χ4n) is 2.29. The van der Waals surface area contributed by atoms with E-state index in [1.165, 1.54) is 0 Å². The summed E-state index contributed by atoms with van der Waals surface area (Å²) in [6, 6.07) is 0. The number of aromatic nitrogens is 2. The van der Waals surface area contributed by atoms with Crippen molar-refractivity contribution in [1.29, 1.82) is 0 Å². The summed E-state index contributed by atoms with van der Waals surface area (Å²) < 4.78 is 43.7. The number of rotatable bonds is 2. The van der Waals surface area contributed by atoms with Crippen LogP contribution in [0.3, 0.4) is 0 Å². The normalized spacial score (nSPS) is 26.1. The van der Waals surface area contributed by atoms with E-state index in [9.17, 15) is 13.2 Å². The summed E-state index contributed by atoms with van der Waals surface area (Å²) in [6.07, 6.45) is -2.28. The van der Waals surface area contributed by atoms with Gasteiger partial charge in [0.05, 0.1) is 5.92 Å². The maximum atomic E-state index is 12.8. The van der Waals surface area contributed by atoms with Gasteiger partial charge in [0.15, 0.2) is 0 Å². The van der Waals surface area contributed by atoms with Crippen LogP contribution in [0.4, 0.5) is 13.2 Å². The third-order valence-corrected chi connectivity index (χ3v) is 3.33. The predicted molar refractivity (Wildman–Crippen MR) is 54.6 cm³/mol. The van der Waals surface area contributed by atoms with Crippen molar-refractivity contribution in [3.05, 3.63) is 11.8 Å². The fourth-order valence-corrected chi connectivity index (χ4v) is 2.40. The Labute approximate surface area is 101 Å². The maximum absolute atomic E-state index is 12.8. The molecule has 2 unspecified atom stereocenters. The van der Waals surface area contributed by atoms with Crippen molar-refractivity contribution in [2.24, 2.45) is 5.92 Å². The molecule has 0 N–H and O–H groups in total.